The monoisotopic (exact) mass is 738 g/mol. The number of aliphatic hydroxyl groups is 14. The lowest BCUT2D eigenvalue weighted by atomic mass is 9.97. The quantitative estimate of drug-likeness (QED) is 0.0935. The Morgan fingerprint density at radius 1 is 0.469 bits per heavy atom. The van der Waals surface area contributed by atoms with Crippen LogP contribution in [0.15, 0.2) is 0 Å². The zero-order valence-electron chi connectivity index (χ0n) is 25.5. The molecule has 0 aliphatic carbocycles. The molecule has 296 valence electrons. The fourth-order valence-electron chi connectivity index (χ4n) is 5.48. The molecule has 4 fully saturated rings. The molecule has 0 bridgehead atoms. The molecule has 25 heteroatoms. The van der Waals surface area contributed by atoms with E-state index >= 15 is 0 Å². The summed E-state index contributed by atoms with van der Waals surface area (Å²) in [6.07, 6.45) is -32.3. The van der Waals surface area contributed by atoms with E-state index in [-0.39, 0.29) is 21.9 Å². The number of hydrogen-bond acceptors (Lipinski definition) is 21. The third kappa shape index (κ3) is 9.33. The van der Waals surface area contributed by atoms with Crippen molar-refractivity contribution in [3.05, 3.63) is 0 Å². The van der Waals surface area contributed by atoms with Gasteiger partial charge in [0.25, 0.3) is 0 Å². The van der Waals surface area contributed by atoms with E-state index in [1.165, 1.54) is 0 Å². The van der Waals surface area contributed by atoms with Crippen LogP contribution in [-0.2, 0) is 33.2 Å². The van der Waals surface area contributed by atoms with Gasteiger partial charge in [0.1, 0.15) is 98.2 Å². The molecule has 0 aromatic carbocycles. The first kappa shape index (κ1) is 48.0. The maximum absolute atomic E-state index is 10.9. The number of rotatable bonds is 11. The zero-order valence-corrected chi connectivity index (χ0v) is 25.5. The van der Waals surface area contributed by atoms with Gasteiger partial charge >= 0.3 is 0 Å². The van der Waals surface area contributed by atoms with Gasteiger partial charge in [-0.1, -0.05) is 0 Å². The van der Waals surface area contributed by atoms with Crippen LogP contribution >= 0.6 is 0 Å². The van der Waals surface area contributed by atoms with Crippen molar-refractivity contribution in [2.75, 3.05) is 33.0 Å². The molecule has 4 rings (SSSR count). The third-order valence-corrected chi connectivity index (χ3v) is 8.28. The van der Waals surface area contributed by atoms with Crippen LogP contribution in [0.25, 0.3) is 0 Å². The Morgan fingerprint density at radius 3 is 1.41 bits per heavy atom. The predicted octanol–water partition coefficient (Wildman–Crippen LogP) is -13.0. The van der Waals surface area contributed by atoms with E-state index < -0.39 is 149 Å². The average molecular weight is 739 g/mol. The maximum atomic E-state index is 10.9. The van der Waals surface area contributed by atoms with E-state index in [9.17, 15) is 71.5 Å². The van der Waals surface area contributed by atoms with Crippen molar-refractivity contribution >= 4 is 0 Å². The minimum absolute atomic E-state index is 0. The molecule has 0 aromatic rings. The SMILES string of the molecule is O.O.O.O.OCC1OC(OCC2OC(OC3C(OC4(CO)OC(CO)C(O)C4O)OC(CO)C(O)C3O)C(O)C(O)C2O)C(O)C(O)C1O. The summed E-state index contributed by atoms with van der Waals surface area (Å²) in [5, 5.41) is 142. The summed E-state index contributed by atoms with van der Waals surface area (Å²) in [5.41, 5.74) is 0. The van der Waals surface area contributed by atoms with Gasteiger partial charge < -0.3 is 127 Å². The Morgan fingerprint density at radius 2 is 0.918 bits per heavy atom. The summed E-state index contributed by atoms with van der Waals surface area (Å²) in [6.45, 7) is -4.33. The summed E-state index contributed by atoms with van der Waals surface area (Å²) >= 11 is 0. The van der Waals surface area contributed by atoms with Crippen LogP contribution in [-0.4, -0.2) is 243 Å². The molecule has 19 unspecified atom stereocenters. The molecule has 49 heavy (non-hydrogen) atoms. The highest BCUT2D eigenvalue weighted by Gasteiger charge is 2.59. The molecule has 0 aromatic heterocycles. The Balaban J connectivity index is 0.00000576. The molecule has 19 atom stereocenters. The van der Waals surface area contributed by atoms with Gasteiger partial charge in [0.2, 0.25) is 5.79 Å². The van der Waals surface area contributed by atoms with E-state index in [4.69, 9.17) is 33.2 Å². The van der Waals surface area contributed by atoms with E-state index in [0.29, 0.717) is 0 Å². The zero-order chi connectivity index (χ0) is 33.4. The molecule has 4 aliphatic rings. The molecule has 4 aliphatic heterocycles. The Bertz CT molecular complexity index is 935. The van der Waals surface area contributed by atoms with Crippen molar-refractivity contribution < 1.29 is 127 Å². The second kappa shape index (κ2) is 19.7. The van der Waals surface area contributed by atoms with Gasteiger partial charge in [-0.15, -0.1) is 0 Å². The minimum atomic E-state index is -2.50. The van der Waals surface area contributed by atoms with Crippen molar-refractivity contribution in [2.45, 2.75) is 116 Å². The van der Waals surface area contributed by atoms with Crippen LogP contribution in [0.4, 0.5) is 0 Å². The van der Waals surface area contributed by atoms with Crippen molar-refractivity contribution in [3.63, 3.8) is 0 Å². The van der Waals surface area contributed by atoms with Gasteiger partial charge in [0, 0.05) is 0 Å². The summed E-state index contributed by atoms with van der Waals surface area (Å²) in [4.78, 5) is 0. The van der Waals surface area contributed by atoms with Crippen molar-refractivity contribution in [3.8, 4) is 0 Å². The highest BCUT2D eigenvalue weighted by atomic mass is 16.8. The molecule has 4 saturated heterocycles. The first-order chi connectivity index (χ1) is 21.2. The fourth-order valence-corrected chi connectivity index (χ4v) is 5.48. The highest BCUT2D eigenvalue weighted by molar-refractivity contribution is 4.99. The van der Waals surface area contributed by atoms with Crippen LogP contribution in [0.5, 0.6) is 0 Å². The van der Waals surface area contributed by atoms with Gasteiger partial charge in [0.05, 0.1) is 26.4 Å². The van der Waals surface area contributed by atoms with E-state index in [1.54, 1.807) is 0 Å². The molecule has 4 heterocycles. The first-order valence-electron chi connectivity index (χ1n) is 14.1. The molecular formula is C24H50O25. The summed E-state index contributed by atoms with van der Waals surface area (Å²) in [6, 6.07) is 0. The average Bonchev–Trinajstić information content (AvgIpc) is 3.28. The van der Waals surface area contributed by atoms with Crippen LogP contribution in [0.1, 0.15) is 0 Å². The van der Waals surface area contributed by atoms with E-state index in [2.05, 4.69) is 0 Å². The Labute approximate surface area is 276 Å². The second-order valence-corrected chi connectivity index (χ2v) is 11.2. The van der Waals surface area contributed by atoms with Crippen LogP contribution in [0.3, 0.4) is 0 Å². The number of hydrogen-bond donors (Lipinski definition) is 14. The minimum Gasteiger partial charge on any atom is -0.412 e. The summed E-state index contributed by atoms with van der Waals surface area (Å²) < 4.78 is 38.1. The van der Waals surface area contributed by atoms with Gasteiger partial charge in [0.15, 0.2) is 18.9 Å². The number of aliphatic hydroxyl groups excluding tert-OH is 14. The molecular weight excluding hydrogens is 688 g/mol. The van der Waals surface area contributed by atoms with Crippen molar-refractivity contribution in [2.24, 2.45) is 0 Å². The van der Waals surface area contributed by atoms with Crippen molar-refractivity contribution in [1.29, 1.82) is 0 Å². The molecule has 0 amide bonds. The fraction of sp³-hybridized carbons (Fsp3) is 1.00. The van der Waals surface area contributed by atoms with Crippen molar-refractivity contribution in [1.82, 2.24) is 0 Å². The topological polar surface area (TPSA) is 474 Å². The normalized spacial score (nSPS) is 48.4. The van der Waals surface area contributed by atoms with Gasteiger partial charge in [-0.05, 0) is 0 Å². The van der Waals surface area contributed by atoms with E-state index in [1.807, 2.05) is 0 Å². The predicted molar refractivity (Wildman–Crippen MR) is 148 cm³/mol. The second-order valence-electron chi connectivity index (χ2n) is 11.2. The molecule has 25 nitrogen and oxygen atoms in total. The lowest BCUT2D eigenvalue weighted by molar-refractivity contribution is -0.409. The lowest BCUT2D eigenvalue weighted by Gasteiger charge is -2.47. The maximum Gasteiger partial charge on any atom is 0.224 e. The smallest absolute Gasteiger partial charge is 0.224 e. The van der Waals surface area contributed by atoms with Crippen LogP contribution in [0.2, 0.25) is 0 Å². The third-order valence-electron chi connectivity index (χ3n) is 8.28. The molecule has 0 radical (unpaired) electrons. The summed E-state index contributed by atoms with van der Waals surface area (Å²) in [7, 11) is 0. The largest absolute Gasteiger partial charge is 0.412 e. The van der Waals surface area contributed by atoms with Crippen LogP contribution in [0, 0.1) is 0 Å². The standard InChI is InChI=1S/C24H42O21.4H2O/c25-1-6-10(29)14(33)17(36)21(40-6)39-4-9-12(31)15(34)18(37)22(42-9)43-19-16(35)11(30)7(2-26)41-23(19)45-24(5-28)20(38)13(32)8(3-27)44-24;;;;/h6-23,25-38H,1-5H2;4*1H2. The van der Waals surface area contributed by atoms with Gasteiger partial charge in [-0.2, -0.15) is 0 Å². The highest BCUT2D eigenvalue weighted by Crippen LogP contribution is 2.37. The van der Waals surface area contributed by atoms with Gasteiger partial charge in [-0.25, -0.2) is 0 Å². The Hall–Kier alpha value is -1.00. The molecule has 0 spiro atoms. The molecule has 0 saturated carbocycles. The van der Waals surface area contributed by atoms with Gasteiger partial charge in [-0.3, -0.25) is 0 Å². The summed E-state index contributed by atoms with van der Waals surface area (Å²) in [5.74, 6) is -2.50. The first-order valence-corrected chi connectivity index (χ1v) is 14.1. The number of ether oxygens (including phenoxy) is 7. The molecule has 22 N–H and O–H groups in total. The Kier molecular flexibility index (Phi) is 19.3. The van der Waals surface area contributed by atoms with Crippen LogP contribution < -0.4 is 0 Å². The van der Waals surface area contributed by atoms with E-state index in [0.717, 1.165) is 0 Å². The lowest BCUT2D eigenvalue weighted by Crippen LogP contribution is -2.66.